The summed E-state index contributed by atoms with van der Waals surface area (Å²) in [6.45, 7) is 6.89. The number of hydrogen-bond donors (Lipinski definition) is 4. The van der Waals surface area contributed by atoms with Gasteiger partial charge in [-0.2, -0.15) is 0 Å². The van der Waals surface area contributed by atoms with Crippen molar-refractivity contribution >= 4 is 7.26 Å². The molecular weight excluding hydrogens is 239 g/mol. The molecule has 0 rings (SSSR count). The molecule has 4 N–H and O–H groups in total. The van der Waals surface area contributed by atoms with Gasteiger partial charge in [-0.25, -0.2) is 0 Å². The molecule has 0 spiro atoms. The predicted molar refractivity (Wildman–Crippen MR) is 73.1 cm³/mol. The summed E-state index contributed by atoms with van der Waals surface area (Å²) >= 11 is 0. The molecule has 0 saturated heterocycles. The standard InChI is InChI=1S/C12H28O4P/c1-9(13)5-17(6-10(2)14,7-11(3)15)8-12(4)16/h9-16H,5-8H2,1-4H3/q+1. The smallest absolute Gasteiger partial charge is 0.0853 e. The van der Waals surface area contributed by atoms with Crippen molar-refractivity contribution in [1.29, 1.82) is 0 Å². The summed E-state index contributed by atoms with van der Waals surface area (Å²) in [6.07, 6.45) is 0.529. The second kappa shape index (κ2) is 7.65. The Bertz CT molecular complexity index is 159. The summed E-state index contributed by atoms with van der Waals surface area (Å²) in [7, 11) is -1.72. The lowest BCUT2D eigenvalue weighted by atomic mass is 10.5. The molecular formula is C12H28O4P+. The van der Waals surface area contributed by atoms with Crippen LogP contribution in [0.25, 0.3) is 0 Å². The van der Waals surface area contributed by atoms with Crippen LogP contribution in [0.3, 0.4) is 0 Å². The third kappa shape index (κ3) is 8.06. The van der Waals surface area contributed by atoms with Gasteiger partial charge in [0.15, 0.2) is 0 Å². The van der Waals surface area contributed by atoms with E-state index in [4.69, 9.17) is 0 Å². The summed E-state index contributed by atoms with van der Waals surface area (Å²) in [4.78, 5) is 0. The number of aliphatic hydroxyl groups is 4. The Labute approximate surface area is 105 Å². The highest BCUT2D eigenvalue weighted by atomic mass is 31.2. The number of aliphatic hydroxyl groups excluding tert-OH is 4. The average molecular weight is 267 g/mol. The van der Waals surface area contributed by atoms with E-state index < -0.39 is 31.7 Å². The van der Waals surface area contributed by atoms with Crippen LogP contribution in [0.4, 0.5) is 0 Å². The van der Waals surface area contributed by atoms with E-state index in [0.717, 1.165) is 0 Å². The lowest BCUT2D eigenvalue weighted by Gasteiger charge is -2.31. The highest BCUT2D eigenvalue weighted by Gasteiger charge is 2.42. The average Bonchev–Trinajstić information content (AvgIpc) is 1.95. The molecule has 4 unspecified atom stereocenters. The summed E-state index contributed by atoms with van der Waals surface area (Å²) < 4.78 is 0. The van der Waals surface area contributed by atoms with E-state index in [0.29, 0.717) is 24.6 Å². The highest BCUT2D eigenvalue weighted by molar-refractivity contribution is 7.76. The van der Waals surface area contributed by atoms with E-state index in [1.54, 1.807) is 27.7 Å². The maximum atomic E-state index is 9.61. The zero-order chi connectivity index (χ0) is 13.6. The summed E-state index contributed by atoms with van der Waals surface area (Å²) in [5.74, 6) is 0. The van der Waals surface area contributed by atoms with Crippen molar-refractivity contribution in [2.24, 2.45) is 0 Å². The molecule has 0 bridgehead atoms. The molecule has 0 radical (unpaired) electrons. The largest absolute Gasteiger partial charge is 0.390 e. The minimum absolute atomic E-state index is 0.459. The molecule has 0 saturated carbocycles. The fourth-order valence-electron chi connectivity index (χ4n) is 2.69. The van der Waals surface area contributed by atoms with Crippen molar-refractivity contribution < 1.29 is 20.4 Å². The van der Waals surface area contributed by atoms with Crippen molar-refractivity contribution in [3.63, 3.8) is 0 Å². The molecule has 0 fully saturated rings. The minimum Gasteiger partial charge on any atom is -0.390 e. The molecule has 4 atom stereocenters. The predicted octanol–water partition coefficient (Wildman–Crippen LogP) is 0.527. The van der Waals surface area contributed by atoms with Crippen LogP contribution < -0.4 is 0 Å². The van der Waals surface area contributed by atoms with Gasteiger partial charge in [0.05, 0.1) is 49.1 Å². The summed E-state index contributed by atoms with van der Waals surface area (Å²) in [5.41, 5.74) is 0. The Morgan fingerprint density at radius 3 is 0.882 bits per heavy atom. The molecule has 0 aliphatic rings. The molecule has 0 aromatic rings. The third-order valence-electron chi connectivity index (χ3n) is 2.61. The number of rotatable bonds is 8. The van der Waals surface area contributed by atoms with Gasteiger partial charge in [-0.1, -0.05) is 0 Å². The second-order valence-corrected chi connectivity index (χ2v) is 9.61. The van der Waals surface area contributed by atoms with Gasteiger partial charge >= 0.3 is 0 Å². The molecule has 0 heterocycles. The van der Waals surface area contributed by atoms with Crippen molar-refractivity contribution in [2.45, 2.75) is 52.1 Å². The summed E-state index contributed by atoms with van der Waals surface area (Å²) in [5, 5.41) is 38.4. The first-order chi connectivity index (χ1) is 7.67. The van der Waals surface area contributed by atoms with Gasteiger partial charge in [0.2, 0.25) is 0 Å². The fraction of sp³-hybridized carbons (Fsp3) is 1.00. The van der Waals surface area contributed by atoms with Crippen LogP contribution in [0, 0.1) is 0 Å². The molecule has 17 heavy (non-hydrogen) atoms. The van der Waals surface area contributed by atoms with E-state index in [1.807, 2.05) is 0 Å². The van der Waals surface area contributed by atoms with Crippen LogP contribution >= 0.6 is 7.26 Å². The van der Waals surface area contributed by atoms with Crippen molar-refractivity contribution in [3.8, 4) is 0 Å². The topological polar surface area (TPSA) is 80.9 Å². The monoisotopic (exact) mass is 267 g/mol. The van der Waals surface area contributed by atoms with E-state index >= 15 is 0 Å². The van der Waals surface area contributed by atoms with Crippen molar-refractivity contribution in [1.82, 2.24) is 0 Å². The zero-order valence-electron chi connectivity index (χ0n) is 11.4. The fourth-order valence-corrected chi connectivity index (χ4v) is 8.07. The van der Waals surface area contributed by atoms with E-state index in [9.17, 15) is 20.4 Å². The first-order valence-electron chi connectivity index (χ1n) is 6.24. The number of hydrogen-bond acceptors (Lipinski definition) is 4. The van der Waals surface area contributed by atoms with Gasteiger partial charge in [0, 0.05) is 7.26 Å². The molecule has 0 aromatic heterocycles. The van der Waals surface area contributed by atoms with Crippen LogP contribution in [-0.4, -0.2) is 69.5 Å². The lowest BCUT2D eigenvalue weighted by molar-refractivity contribution is 0.198. The van der Waals surface area contributed by atoms with Gasteiger partial charge < -0.3 is 20.4 Å². The van der Waals surface area contributed by atoms with Crippen LogP contribution in [0.5, 0.6) is 0 Å². The van der Waals surface area contributed by atoms with Crippen LogP contribution in [0.2, 0.25) is 0 Å². The molecule has 104 valence electrons. The normalized spacial score (nSPS) is 22.6. The molecule has 0 aliphatic carbocycles. The summed E-state index contributed by atoms with van der Waals surface area (Å²) in [6, 6.07) is 0. The zero-order valence-corrected chi connectivity index (χ0v) is 12.3. The molecule has 4 nitrogen and oxygen atoms in total. The Balaban J connectivity index is 4.89. The third-order valence-corrected chi connectivity index (χ3v) is 7.82. The van der Waals surface area contributed by atoms with Gasteiger partial charge in [-0.05, 0) is 27.7 Å². The SMILES string of the molecule is CC(O)C[P+](CC(C)O)(CC(C)O)CC(C)O. The molecule has 0 aromatic carbocycles. The van der Waals surface area contributed by atoms with Gasteiger partial charge in [-0.3, -0.25) is 0 Å². The van der Waals surface area contributed by atoms with E-state index in [1.165, 1.54) is 0 Å². The molecule has 0 amide bonds. The first kappa shape index (κ1) is 17.3. The second-order valence-electron chi connectivity index (χ2n) is 5.47. The Morgan fingerprint density at radius 2 is 0.765 bits per heavy atom. The molecule has 0 aliphatic heterocycles. The van der Waals surface area contributed by atoms with Gasteiger partial charge in [-0.15, -0.1) is 0 Å². The molecule has 5 heteroatoms. The quantitative estimate of drug-likeness (QED) is 0.484. The minimum atomic E-state index is -1.72. The van der Waals surface area contributed by atoms with Crippen molar-refractivity contribution in [2.75, 3.05) is 24.6 Å². The van der Waals surface area contributed by atoms with Gasteiger partial charge in [0.25, 0.3) is 0 Å². The maximum absolute atomic E-state index is 9.61. The Kier molecular flexibility index (Phi) is 7.77. The van der Waals surface area contributed by atoms with Gasteiger partial charge in [0.1, 0.15) is 0 Å². The van der Waals surface area contributed by atoms with E-state index in [2.05, 4.69) is 0 Å². The lowest BCUT2D eigenvalue weighted by Crippen LogP contribution is -2.30. The first-order valence-corrected chi connectivity index (χ1v) is 8.77. The van der Waals surface area contributed by atoms with E-state index in [-0.39, 0.29) is 0 Å². The van der Waals surface area contributed by atoms with Crippen LogP contribution in [-0.2, 0) is 0 Å². The van der Waals surface area contributed by atoms with Crippen LogP contribution in [0.1, 0.15) is 27.7 Å². The maximum Gasteiger partial charge on any atom is 0.0853 e. The Morgan fingerprint density at radius 1 is 0.588 bits per heavy atom. The highest BCUT2D eigenvalue weighted by Crippen LogP contribution is 2.60. The van der Waals surface area contributed by atoms with Crippen LogP contribution in [0.15, 0.2) is 0 Å². The van der Waals surface area contributed by atoms with Crippen molar-refractivity contribution in [3.05, 3.63) is 0 Å². The Hall–Kier alpha value is 0.270.